The van der Waals surface area contributed by atoms with Gasteiger partial charge in [-0.25, -0.2) is 4.39 Å². The van der Waals surface area contributed by atoms with Gasteiger partial charge in [-0.2, -0.15) is 0 Å². The Bertz CT molecular complexity index is 598. The van der Waals surface area contributed by atoms with E-state index in [0.717, 1.165) is 11.1 Å². The Labute approximate surface area is 125 Å². The van der Waals surface area contributed by atoms with Gasteiger partial charge < -0.3 is 5.73 Å². The Morgan fingerprint density at radius 3 is 2.58 bits per heavy atom. The summed E-state index contributed by atoms with van der Waals surface area (Å²) in [5.41, 5.74) is 7.61. The molecule has 100 valence electrons. The maximum absolute atomic E-state index is 13.2. The van der Waals surface area contributed by atoms with Gasteiger partial charge in [0.05, 0.1) is 4.47 Å². The molecule has 2 aromatic rings. The zero-order valence-electron chi connectivity index (χ0n) is 10.5. The van der Waals surface area contributed by atoms with Crippen molar-refractivity contribution in [1.29, 1.82) is 0 Å². The smallest absolute Gasteiger partial charge is 0.137 e. The second-order valence-corrected chi connectivity index (χ2v) is 6.08. The van der Waals surface area contributed by atoms with Crippen molar-refractivity contribution in [3.8, 4) is 0 Å². The van der Waals surface area contributed by atoms with Crippen LogP contribution in [0.1, 0.15) is 18.1 Å². The summed E-state index contributed by atoms with van der Waals surface area (Å²) in [6.07, 6.45) is 0.579. The minimum atomic E-state index is -0.602. The van der Waals surface area contributed by atoms with Gasteiger partial charge in [0.2, 0.25) is 0 Å². The summed E-state index contributed by atoms with van der Waals surface area (Å²) in [7, 11) is 0. The molecular weight excluding hydrogens is 329 g/mol. The van der Waals surface area contributed by atoms with Crippen LogP contribution in [-0.2, 0) is 12.0 Å². The molecule has 0 saturated carbocycles. The van der Waals surface area contributed by atoms with Crippen molar-refractivity contribution in [2.75, 3.05) is 0 Å². The highest BCUT2D eigenvalue weighted by Crippen LogP contribution is 2.29. The highest BCUT2D eigenvalue weighted by Gasteiger charge is 2.24. The average molecular weight is 343 g/mol. The van der Waals surface area contributed by atoms with E-state index in [1.54, 1.807) is 12.1 Å². The predicted molar refractivity (Wildman–Crippen MR) is 80.8 cm³/mol. The largest absolute Gasteiger partial charge is 0.321 e. The maximum atomic E-state index is 13.2. The van der Waals surface area contributed by atoms with E-state index in [4.69, 9.17) is 17.3 Å². The molecule has 0 spiro atoms. The van der Waals surface area contributed by atoms with Crippen LogP contribution >= 0.6 is 27.5 Å². The molecule has 0 aromatic heterocycles. The number of hydrogen-bond donors (Lipinski definition) is 1. The second-order valence-electron chi connectivity index (χ2n) is 4.82. The molecule has 2 aromatic carbocycles. The van der Waals surface area contributed by atoms with Crippen molar-refractivity contribution < 1.29 is 4.39 Å². The van der Waals surface area contributed by atoms with Gasteiger partial charge in [-0.1, -0.05) is 35.9 Å². The number of rotatable bonds is 3. The fourth-order valence-corrected chi connectivity index (χ4v) is 2.87. The molecule has 0 radical (unpaired) electrons. The quantitative estimate of drug-likeness (QED) is 0.862. The number of hydrogen-bond acceptors (Lipinski definition) is 1. The van der Waals surface area contributed by atoms with Crippen LogP contribution in [0.5, 0.6) is 0 Å². The minimum Gasteiger partial charge on any atom is -0.321 e. The lowest BCUT2D eigenvalue weighted by molar-refractivity contribution is 0.491. The Morgan fingerprint density at radius 2 is 1.95 bits per heavy atom. The van der Waals surface area contributed by atoms with Gasteiger partial charge in [0.25, 0.3) is 0 Å². The van der Waals surface area contributed by atoms with Gasteiger partial charge in [0.15, 0.2) is 0 Å². The topological polar surface area (TPSA) is 26.0 Å². The summed E-state index contributed by atoms with van der Waals surface area (Å²) in [6.45, 7) is 1.92. The highest BCUT2D eigenvalue weighted by molar-refractivity contribution is 9.10. The van der Waals surface area contributed by atoms with Gasteiger partial charge in [-0.15, -0.1) is 0 Å². The van der Waals surface area contributed by atoms with Crippen molar-refractivity contribution in [1.82, 2.24) is 0 Å². The van der Waals surface area contributed by atoms with Crippen LogP contribution in [0.25, 0.3) is 0 Å². The summed E-state index contributed by atoms with van der Waals surface area (Å²) in [6, 6.07) is 12.4. The van der Waals surface area contributed by atoms with E-state index < -0.39 is 5.54 Å². The molecule has 0 aliphatic heterocycles. The Morgan fingerprint density at radius 1 is 1.26 bits per heavy atom. The SMILES string of the molecule is CC(N)(Cc1ccc(F)c(Br)c1)c1ccccc1Cl. The summed E-state index contributed by atoms with van der Waals surface area (Å²) in [5, 5.41) is 0.647. The summed E-state index contributed by atoms with van der Waals surface area (Å²) in [5.74, 6) is -0.278. The third-order valence-electron chi connectivity index (χ3n) is 3.04. The lowest BCUT2D eigenvalue weighted by Crippen LogP contribution is -2.35. The van der Waals surface area contributed by atoms with Gasteiger partial charge in [0.1, 0.15) is 5.82 Å². The number of nitrogens with two attached hydrogens (primary N) is 1. The number of halogens is 3. The van der Waals surface area contributed by atoms with Gasteiger partial charge in [-0.05, 0) is 58.6 Å². The lowest BCUT2D eigenvalue weighted by atomic mass is 9.86. The van der Waals surface area contributed by atoms with Crippen LogP contribution < -0.4 is 5.73 Å². The lowest BCUT2D eigenvalue weighted by Gasteiger charge is -2.26. The Hall–Kier alpha value is -0.900. The number of benzene rings is 2. The summed E-state index contributed by atoms with van der Waals surface area (Å²) < 4.78 is 13.7. The molecule has 2 rings (SSSR count). The standard InChI is InChI=1S/C15H14BrClFN/c1-15(19,11-4-2-3-5-13(11)17)9-10-6-7-14(18)12(16)8-10/h2-8H,9,19H2,1H3. The van der Waals surface area contributed by atoms with E-state index in [-0.39, 0.29) is 5.82 Å². The molecule has 0 saturated heterocycles. The first-order valence-corrected chi connectivity index (χ1v) is 7.05. The Kier molecular flexibility index (Phi) is 4.29. The molecule has 1 atom stereocenters. The van der Waals surface area contributed by atoms with Crippen LogP contribution in [0.4, 0.5) is 4.39 Å². The van der Waals surface area contributed by atoms with E-state index >= 15 is 0 Å². The third-order valence-corrected chi connectivity index (χ3v) is 3.98. The highest BCUT2D eigenvalue weighted by atomic mass is 79.9. The monoisotopic (exact) mass is 341 g/mol. The Balaban J connectivity index is 2.31. The predicted octanol–water partition coefficient (Wildman–Crippen LogP) is 4.66. The molecule has 1 unspecified atom stereocenters. The molecule has 0 bridgehead atoms. The second kappa shape index (κ2) is 5.61. The van der Waals surface area contributed by atoms with Crippen LogP contribution in [0, 0.1) is 5.82 Å². The van der Waals surface area contributed by atoms with Gasteiger partial charge in [0, 0.05) is 10.6 Å². The van der Waals surface area contributed by atoms with Crippen LogP contribution in [0.2, 0.25) is 5.02 Å². The van der Waals surface area contributed by atoms with E-state index in [2.05, 4.69) is 15.9 Å². The van der Waals surface area contributed by atoms with Gasteiger partial charge >= 0.3 is 0 Å². The molecule has 4 heteroatoms. The van der Waals surface area contributed by atoms with E-state index in [0.29, 0.717) is 15.9 Å². The van der Waals surface area contributed by atoms with Crippen molar-refractivity contribution in [2.24, 2.45) is 5.73 Å². The van der Waals surface area contributed by atoms with Gasteiger partial charge in [-0.3, -0.25) is 0 Å². The first kappa shape index (κ1) is 14.5. The molecule has 19 heavy (non-hydrogen) atoms. The summed E-state index contributed by atoms with van der Waals surface area (Å²) in [4.78, 5) is 0. The molecule has 0 fully saturated rings. The zero-order chi connectivity index (χ0) is 14.0. The van der Waals surface area contributed by atoms with Crippen molar-refractivity contribution >= 4 is 27.5 Å². The van der Waals surface area contributed by atoms with E-state index in [1.165, 1.54) is 6.07 Å². The fourth-order valence-electron chi connectivity index (χ4n) is 2.09. The first-order valence-electron chi connectivity index (χ1n) is 5.88. The maximum Gasteiger partial charge on any atom is 0.137 e. The van der Waals surface area contributed by atoms with Crippen LogP contribution in [0.15, 0.2) is 46.9 Å². The summed E-state index contributed by atoms with van der Waals surface area (Å²) >= 11 is 9.36. The molecule has 0 amide bonds. The fraction of sp³-hybridized carbons (Fsp3) is 0.200. The molecule has 0 heterocycles. The van der Waals surface area contributed by atoms with Crippen LogP contribution in [-0.4, -0.2) is 0 Å². The molecule has 0 aliphatic rings. The van der Waals surface area contributed by atoms with Crippen molar-refractivity contribution in [3.63, 3.8) is 0 Å². The van der Waals surface area contributed by atoms with E-state index in [9.17, 15) is 4.39 Å². The molecule has 0 aliphatic carbocycles. The first-order chi connectivity index (χ1) is 8.90. The zero-order valence-corrected chi connectivity index (χ0v) is 12.8. The average Bonchev–Trinajstić information content (AvgIpc) is 2.34. The van der Waals surface area contributed by atoms with Crippen LogP contribution in [0.3, 0.4) is 0 Å². The molecular formula is C15H14BrClFN. The van der Waals surface area contributed by atoms with Crippen molar-refractivity contribution in [3.05, 3.63) is 68.9 Å². The molecule has 2 N–H and O–H groups in total. The molecule has 1 nitrogen and oxygen atoms in total. The normalized spacial score (nSPS) is 14.2. The van der Waals surface area contributed by atoms with Crippen molar-refractivity contribution in [2.45, 2.75) is 18.9 Å². The minimum absolute atomic E-state index is 0.278. The third kappa shape index (κ3) is 3.35. The van der Waals surface area contributed by atoms with E-state index in [1.807, 2.05) is 31.2 Å².